The molecule has 1 unspecified atom stereocenters. The molecule has 0 aromatic heterocycles. The van der Waals surface area contributed by atoms with Gasteiger partial charge in [-0.1, -0.05) is 65.1 Å². The van der Waals surface area contributed by atoms with Crippen molar-refractivity contribution < 1.29 is 4.84 Å². The van der Waals surface area contributed by atoms with Crippen LogP contribution in [0.15, 0.2) is 48.5 Å². The van der Waals surface area contributed by atoms with E-state index in [4.69, 9.17) is 10.2 Å². The van der Waals surface area contributed by atoms with Crippen molar-refractivity contribution in [3.8, 4) is 11.1 Å². The van der Waals surface area contributed by atoms with Crippen LogP contribution in [0, 0.1) is 5.41 Å². The average Bonchev–Trinajstić information content (AvgIpc) is 2.81. The molecular weight excluding hydrogens is 389 g/mol. The SMILES string of the molecule is CN1OC(C)(c2cccc(-c3cccc(CI)c3)c2)NC1=N. The molecule has 0 spiro atoms. The topological polar surface area (TPSA) is 48.4 Å². The van der Waals surface area contributed by atoms with Crippen molar-refractivity contribution in [3.05, 3.63) is 59.7 Å². The van der Waals surface area contributed by atoms with Crippen molar-refractivity contribution in [2.75, 3.05) is 7.05 Å². The van der Waals surface area contributed by atoms with E-state index >= 15 is 0 Å². The zero-order valence-electron chi connectivity index (χ0n) is 12.6. The smallest absolute Gasteiger partial charge is 0.217 e. The first-order valence-electron chi connectivity index (χ1n) is 7.07. The van der Waals surface area contributed by atoms with E-state index in [-0.39, 0.29) is 5.96 Å². The molecule has 1 atom stereocenters. The Labute approximate surface area is 144 Å². The highest BCUT2D eigenvalue weighted by molar-refractivity contribution is 14.1. The molecule has 22 heavy (non-hydrogen) atoms. The van der Waals surface area contributed by atoms with Crippen LogP contribution >= 0.6 is 22.6 Å². The predicted molar refractivity (Wildman–Crippen MR) is 96.7 cm³/mol. The van der Waals surface area contributed by atoms with Crippen LogP contribution in [0.4, 0.5) is 0 Å². The third kappa shape index (κ3) is 2.83. The van der Waals surface area contributed by atoms with Gasteiger partial charge in [-0.3, -0.25) is 5.41 Å². The van der Waals surface area contributed by atoms with Crippen LogP contribution in [0.2, 0.25) is 0 Å². The van der Waals surface area contributed by atoms with Gasteiger partial charge in [-0.25, -0.2) is 9.90 Å². The van der Waals surface area contributed by atoms with Crippen molar-refractivity contribution >= 4 is 28.6 Å². The molecule has 4 nitrogen and oxygen atoms in total. The molecule has 2 N–H and O–H groups in total. The van der Waals surface area contributed by atoms with Crippen LogP contribution in [-0.4, -0.2) is 18.1 Å². The first-order chi connectivity index (χ1) is 10.5. The summed E-state index contributed by atoms with van der Waals surface area (Å²) in [5, 5.41) is 12.4. The van der Waals surface area contributed by atoms with Crippen LogP contribution in [0.1, 0.15) is 18.1 Å². The normalized spacial score (nSPS) is 21.0. The first kappa shape index (κ1) is 15.3. The minimum Gasteiger partial charge on any atom is -0.321 e. The lowest BCUT2D eigenvalue weighted by molar-refractivity contribution is -0.161. The van der Waals surface area contributed by atoms with E-state index in [2.05, 4.69) is 64.3 Å². The molecule has 114 valence electrons. The highest BCUT2D eigenvalue weighted by Crippen LogP contribution is 2.31. The summed E-state index contributed by atoms with van der Waals surface area (Å²) in [5.74, 6) is 0.264. The monoisotopic (exact) mass is 407 g/mol. The van der Waals surface area contributed by atoms with E-state index in [9.17, 15) is 0 Å². The molecule has 0 radical (unpaired) electrons. The minimum atomic E-state index is -0.706. The zero-order valence-corrected chi connectivity index (χ0v) is 14.7. The van der Waals surface area contributed by atoms with Crippen molar-refractivity contribution in [1.29, 1.82) is 5.41 Å². The van der Waals surface area contributed by atoms with Crippen LogP contribution in [0.5, 0.6) is 0 Å². The number of rotatable bonds is 3. The summed E-state index contributed by atoms with van der Waals surface area (Å²) < 4.78 is 0.996. The second kappa shape index (κ2) is 5.89. The summed E-state index contributed by atoms with van der Waals surface area (Å²) in [4.78, 5) is 5.78. The Morgan fingerprint density at radius 3 is 2.50 bits per heavy atom. The summed E-state index contributed by atoms with van der Waals surface area (Å²) in [6.07, 6.45) is 0. The van der Waals surface area contributed by atoms with Gasteiger partial charge in [0.2, 0.25) is 5.96 Å². The van der Waals surface area contributed by atoms with Crippen LogP contribution in [-0.2, 0) is 15.0 Å². The van der Waals surface area contributed by atoms with E-state index < -0.39 is 5.72 Å². The standard InChI is InChI=1S/C17H18IN3O/c1-17(20-16(19)21(2)22-17)15-8-4-7-14(10-15)13-6-3-5-12(9-13)11-18/h3-10H,11H2,1-2H3,(H2,19,20). The zero-order chi connectivity index (χ0) is 15.7. The Morgan fingerprint density at radius 1 is 1.18 bits per heavy atom. The number of nitrogens with one attached hydrogen (secondary N) is 2. The molecule has 1 saturated heterocycles. The molecule has 0 amide bonds. The Bertz CT molecular complexity index is 719. The van der Waals surface area contributed by atoms with E-state index in [0.29, 0.717) is 0 Å². The van der Waals surface area contributed by atoms with E-state index in [1.54, 1.807) is 7.05 Å². The van der Waals surface area contributed by atoms with Gasteiger partial charge in [0.25, 0.3) is 0 Å². The first-order valence-corrected chi connectivity index (χ1v) is 8.60. The van der Waals surface area contributed by atoms with Gasteiger partial charge in [0, 0.05) is 17.0 Å². The number of guanidine groups is 1. The van der Waals surface area contributed by atoms with Crippen LogP contribution in [0.25, 0.3) is 11.1 Å². The van der Waals surface area contributed by atoms with Crippen molar-refractivity contribution in [1.82, 2.24) is 10.4 Å². The number of nitrogens with zero attached hydrogens (tertiary/aromatic N) is 1. The third-order valence-electron chi connectivity index (χ3n) is 3.82. The fourth-order valence-corrected chi connectivity index (χ4v) is 3.08. The highest BCUT2D eigenvalue weighted by atomic mass is 127. The Balaban J connectivity index is 1.98. The molecular formula is C17H18IN3O. The molecule has 2 aromatic rings. The fourth-order valence-electron chi connectivity index (χ4n) is 2.60. The summed E-state index contributed by atoms with van der Waals surface area (Å²) >= 11 is 2.37. The maximum absolute atomic E-state index is 7.82. The number of benzene rings is 2. The quantitative estimate of drug-likeness (QED) is 0.600. The number of halogens is 1. The van der Waals surface area contributed by atoms with Gasteiger partial charge in [0.15, 0.2) is 5.72 Å². The van der Waals surface area contributed by atoms with Gasteiger partial charge in [0.05, 0.1) is 0 Å². The molecule has 1 heterocycles. The molecule has 3 rings (SSSR count). The number of hydrogen-bond donors (Lipinski definition) is 2. The van der Waals surface area contributed by atoms with Gasteiger partial charge >= 0.3 is 0 Å². The third-order valence-corrected chi connectivity index (χ3v) is 4.70. The molecule has 1 fully saturated rings. The Kier molecular flexibility index (Phi) is 4.10. The second-order valence-electron chi connectivity index (χ2n) is 5.51. The molecule has 0 bridgehead atoms. The summed E-state index contributed by atoms with van der Waals surface area (Å²) in [6.45, 7) is 1.94. The van der Waals surface area contributed by atoms with E-state index in [0.717, 1.165) is 15.6 Å². The van der Waals surface area contributed by atoms with Gasteiger partial charge < -0.3 is 5.32 Å². The largest absolute Gasteiger partial charge is 0.321 e. The molecule has 2 aromatic carbocycles. The minimum absolute atomic E-state index is 0.264. The summed E-state index contributed by atoms with van der Waals surface area (Å²) in [7, 11) is 1.73. The van der Waals surface area contributed by atoms with Gasteiger partial charge in [-0.2, -0.15) is 0 Å². The molecule has 5 heteroatoms. The summed E-state index contributed by atoms with van der Waals surface area (Å²) in [5.41, 5.74) is 3.95. The number of hydroxylamine groups is 2. The van der Waals surface area contributed by atoms with Crippen molar-refractivity contribution in [2.24, 2.45) is 0 Å². The Morgan fingerprint density at radius 2 is 1.86 bits per heavy atom. The van der Waals surface area contributed by atoms with Crippen LogP contribution in [0.3, 0.4) is 0 Å². The lowest BCUT2D eigenvalue weighted by Crippen LogP contribution is -2.36. The number of hydrogen-bond acceptors (Lipinski definition) is 2. The lowest BCUT2D eigenvalue weighted by Gasteiger charge is -2.23. The Hall–Kier alpha value is -1.60. The van der Waals surface area contributed by atoms with E-state index in [1.807, 2.05) is 19.1 Å². The predicted octanol–water partition coefficient (Wildman–Crippen LogP) is 3.86. The maximum atomic E-state index is 7.82. The van der Waals surface area contributed by atoms with Gasteiger partial charge in [-0.15, -0.1) is 0 Å². The molecule has 1 aliphatic rings. The number of alkyl halides is 1. The van der Waals surface area contributed by atoms with E-state index in [1.165, 1.54) is 16.2 Å². The molecule has 0 aliphatic carbocycles. The van der Waals surface area contributed by atoms with Crippen molar-refractivity contribution in [2.45, 2.75) is 17.1 Å². The molecule has 1 aliphatic heterocycles. The van der Waals surface area contributed by atoms with Gasteiger partial charge in [0.1, 0.15) is 0 Å². The van der Waals surface area contributed by atoms with Gasteiger partial charge in [-0.05, 0) is 29.7 Å². The maximum Gasteiger partial charge on any atom is 0.217 e. The van der Waals surface area contributed by atoms with Crippen molar-refractivity contribution in [3.63, 3.8) is 0 Å². The highest BCUT2D eigenvalue weighted by Gasteiger charge is 2.38. The molecule has 0 saturated carbocycles. The second-order valence-corrected chi connectivity index (χ2v) is 6.27. The fraction of sp³-hybridized carbons (Fsp3) is 0.235. The lowest BCUT2D eigenvalue weighted by atomic mass is 9.97. The van der Waals surface area contributed by atoms with Crippen LogP contribution < -0.4 is 5.32 Å². The average molecular weight is 407 g/mol. The summed E-state index contributed by atoms with van der Waals surface area (Å²) in [6, 6.07) is 16.8.